The van der Waals surface area contributed by atoms with E-state index in [0.717, 1.165) is 8.66 Å². The zero-order chi connectivity index (χ0) is 14.0. The van der Waals surface area contributed by atoms with Crippen LogP contribution in [0.25, 0.3) is 0 Å². The Morgan fingerprint density at radius 1 is 1.37 bits per heavy atom. The van der Waals surface area contributed by atoms with E-state index in [9.17, 15) is 4.39 Å². The summed E-state index contributed by atoms with van der Waals surface area (Å²) in [6.07, 6.45) is 0. The number of nitrogens with one attached hydrogen (secondary N) is 1. The second-order valence-electron chi connectivity index (χ2n) is 3.90. The summed E-state index contributed by atoms with van der Waals surface area (Å²) in [7, 11) is 0. The molecule has 0 aliphatic heterocycles. The molecule has 0 saturated carbocycles. The number of hydrogen-bond donors (Lipinski definition) is 1. The molecule has 1 aromatic carbocycles. The average molecular weight is 383 g/mol. The van der Waals surface area contributed by atoms with Gasteiger partial charge in [0.15, 0.2) is 0 Å². The molecule has 1 atom stereocenters. The molecule has 102 valence electrons. The maximum absolute atomic E-state index is 14.2. The van der Waals surface area contributed by atoms with Crippen LogP contribution >= 0.6 is 50.5 Å². The van der Waals surface area contributed by atoms with E-state index in [1.54, 1.807) is 18.2 Å². The molecular weight excluding hydrogens is 372 g/mol. The van der Waals surface area contributed by atoms with Gasteiger partial charge in [0, 0.05) is 10.4 Å². The van der Waals surface area contributed by atoms with E-state index in [-0.39, 0.29) is 11.1 Å². The molecule has 0 radical (unpaired) electrons. The Bertz CT molecular complexity index is 569. The van der Waals surface area contributed by atoms with Crippen molar-refractivity contribution in [3.8, 4) is 0 Å². The molecule has 0 aliphatic carbocycles. The first-order valence-corrected chi connectivity index (χ1v) is 8.03. The lowest BCUT2D eigenvalue weighted by atomic mass is 10.0. The summed E-state index contributed by atoms with van der Waals surface area (Å²) in [4.78, 5) is 0.944. The van der Waals surface area contributed by atoms with E-state index >= 15 is 0 Å². The summed E-state index contributed by atoms with van der Waals surface area (Å²) in [6, 6.07) is 6.60. The monoisotopic (exact) mass is 381 g/mol. The van der Waals surface area contributed by atoms with Crippen molar-refractivity contribution in [2.75, 3.05) is 6.54 Å². The van der Waals surface area contributed by atoms with Crippen molar-refractivity contribution >= 4 is 50.5 Å². The maximum Gasteiger partial charge on any atom is 0.146 e. The minimum atomic E-state index is -0.393. The summed E-state index contributed by atoms with van der Waals surface area (Å²) in [6.45, 7) is 2.68. The van der Waals surface area contributed by atoms with Crippen LogP contribution in [0.15, 0.2) is 28.1 Å². The van der Waals surface area contributed by atoms with Gasteiger partial charge < -0.3 is 5.32 Å². The quantitative estimate of drug-likeness (QED) is 0.719. The van der Waals surface area contributed by atoms with E-state index < -0.39 is 5.82 Å². The number of hydrogen-bond acceptors (Lipinski definition) is 2. The van der Waals surface area contributed by atoms with E-state index in [1.165, 1.54) is 11.3 Å². The third-order valence-electron chi connectivity index (χ3n) is 2.65. The first-order valence-electron chi connectivity index (χ1n) is 5.66. The predicted molar refractivity (Wildman–Crippen MR) is 84.0 cm³/mol. The SMILES string of the molecule is CCNC(c1cc(Cl)c(Br)s1)c1cccc(Cl)c1F. The zero-order valence-corrected chi connectivity index (χ0v) is 13.9. The van der Waals surface area contributed by atoms with Gasteiger partial charge in [0.05, 0.1) is 19.9 Å². The fourth-order valence-electron chi connectivity index (χ4n) is 1.82. The maximum atomic E-state index is 14.2. The predicted octanol–water partition coefficient (Wildman–Crippen LogP) is 5.66. The Kier molecular flexibility index (Phi) is 5.26. The molecule has 0 aliphatic rings. The van der Waals surface area contributed by atoms with Gasteiger partial charge in [-0.15, -0.1) is 11.3 Å². The van der Waals surface area contributed by atoms with Crippen molar-refractivity contribution in [3.05, 3.63) is 54.4 Å². The summed E-state index contributed by atoms with van der Waals surface area (Å²) in [5, 5.41) is 4.01. The average Bonchev–Trinajstić information content (AvgIpc) is 2.70. The first-order chi connectivity index (χ1) is 9.04. The molecular formula is C13H11BrCl2FNS. The van der Waals surface area contributed by atoms with Gasteiger partial charge in [0.25, 0.3) is 0 Å². The van der Waals surface area contributed by atoms with Crippen molar-refractivity contribution < 1.29 is 4.39 Å². The molecule has 0 bridgehead atoms. The number of benzene rings is 1. The Morgan fingerprint density at radius 3 is 2.68 bits per heavy atom. The number of thiophene rings is 1. The number of rotatable bonds is 4. The Morgan fingerprint density at radius 2 is 2.11 bits per heavy atom. The lowest BCUT2D eigenvalue weighted by Gasteiger charge is -2.18. The fraction of sp³-hybridized carbons (Fsp3) is 0.231. The van der Waals surface area contributed by atoms with Crippen LogP contribution < -0.4 is 5.32 Å². The molecule has 0 spiro atoms. The Balaban J connectivity index is 2.48. The van der Waals surface area contributed by atoms with Gasteiger partial charge in [-0.25, -0.2) is 4.39 Å². The third kappa shape index (κ3) is 3.31. The number of halogens is 4. The van der Waals surface area contributed by atoms with Crippen LogP contribution in [-0.2, 0) is 0 Å². The first kappa shape index (κ1) is 15.3. The summed E-state index contributed by atoms with van der Waals surface area (Å²) in [5.41, 5.74) is 0.528. The van der Waals surface area contributed by atoms with Crippen molar-refractivity contribution in [3.63, 3.8) is 0 Å². The lowest BCUT2D eigenvalue weighted by molar-refractivity contribution is 0.563. The largest absolute Gasteiger partial charge is 0.306 e. The molecule has 1 N–H and O–H groups in total. The molecule has 0 saturated heterocycles. The van der Waals surface area contributed by atoms with Crippen LogP contribution in [0, 0.1) is 5.82 Å². The molecule has 19 heavy (non-hydrogen) atoms. The minimum absolute atomic E-state index is 0.127. The summed E-state index contributed by atoms with van der Waals surface area (Å²) in [5.74, 6) is -0.393. The van der Waals surface area contributed by atoms with Crippen molar-refractivity contribution in [2.45, 2.75) is 13.0 Å². The molecule has 6 heteroatoms. The van der Waals surface area contributed by atoms with E-state index in [0.29, 0.717) is 17.1 Å². The van der Waals surface area contributed by atoms with E-state index in [4.69, 9.17) is 23.2 Å². The zero-order valence-electron chi connectivity index (χ0n) is 10.0. The lowest BCUT2D eigenvalue weighted by Crippen LogP contribution is -2.22. The molecule has 1 aromatic heterocycles. The van der Waals surface area contributed by atoms with Crippen LogP contribution in [0.3, 0.4) is 0 Å². The molecule has 1 unspecified atom stereocenters. The van der Waals surface area contributed by atoms with Gasteiger partial charge in [-0.3, -0.25) is 0 Å². The highest BCUT2D eigenvalue weighted by Crippen LogP contribution is 2.38. The van der Waals surface area contributed by atoms with Gasteiger partial charge >= 0.3 is 0 Å². The van der Waals surface area contributed by atoms with Crippen LogP contribution in [0.5, 0.6) is 0 Å². The van der Waals surface area contributed by atoms with E-state index in [1.807, 2.05) is 13.0 Å². The Hall–Kier alpha value is -0.130. The third-order valence-corrected chi connectivity index (χ3v) is 5.48. The van der Waals surface area contributed by atoms with Gasteiger partial charge in [0.1, 0.15) is 5.82 Å². The topological polar surface area (TPSA) is 12.0 Å². The van der Waals surface area contributed by atoms with Gasteiger partial charge in [0.2, 0.25) is 0 Å². The highest BCUT2D eigenvalue weighted by Gasteiger charge is 2.21. The molecule has 1 nitrogen and oxygen atoms in total. The van der Waals surface area contributed by atoms with Crippen LogP contribution in [0.4, 0.5) is 4.39 Å². The van der Waals surface area contributed by atoms with Crippen molar-refractivity contribution in [1.29, 1.82) is 0 Å². The van der Waals surface area contributed by atoms with Crippen LogP contribution in [-0.4, -0.2) is 6.54 Å². The Labute approximate surface area is 133 Å². The second kappa shape index (κ2) is 6.55. The minimum Gasteiger partial charge on any atom is -0.306 e. The molecule has 0 fully saturated rings. The van der Waals surface area contributed by atoms with Gasteiger partial charge in [-0.1, -0.05) is 42.3 Å². The smallest absolute Gasteiger partial charge is 0.146 e. The molecule has 2 rings (SSSR count). The van der Waals surface area contributed by atoms with Crippen LogP contribution in [0.2, 0.25) is 10.0 Å². The second-order valence-corrected chi connectivity index (χ2v) is 7.12. The normalized spacial score (nSPS) is 12.7. The van der Waals surface area contributed by atoms with Crippen molar-refractivity contribution in [1.82, 2.24) is 5.32 Å². The van der Waals surface area contributed by atoms with E-state index in [2.05, 4.69) is 21.2 Å². The molecule has 0 amide bonds. The van der Waals surface area contributed by atoms with Gasteiger partial charge in [-0.05, 0) is 34.6 Å². The molecule has 2 aromatic rings. The summed E-state index contributed by atoms with van der Waals surface area (Å²) >= 11 is 16.8. The summed E-state index contributed by atoms with van der Waals surface area (Å²) < 4.78 is 15.0. The van der Waals surface area contributed by atoms with Crippen molar-refractivity contribution in [2.24, 2.45) is 0 Å². The highest BCUT2D eigenvalue weighted by atomic mass is 79.9. The van der Waals surface area contributed by atoms with Crippen LogP contribution in [0.1, 0.15) is 23.4 Å². The fourth-order valence-corrected chi connectivity index (χ4v) is 3.84. The highest BCUT2D eigenvalue weighted by molar-refractivity contribution is 9.11. The standard InChI is InChI=1S/C13H11BrCl2FNS/c1-2-18-12(10-6-9(16)13(14)19-10)7-4-3-5-8(15)11(7)17/h3-6,12,18H,2H2,1H3. The molecule has 1 heterocycles. The van der Waals surface area contributed by atoms with Gasteiger partial charge in [-0.2, -0.15) is 0 Å².